The lowest BCUT2D eigenvalue weighted by molar-refractivity contribution is 0.0606. The number of aromatic carboxylic acids is 1. The second-order valence-electron chi connectivity index (χ2n) is 3.29. The summed E-state index contributed by atoms with van der Waals surface area (Å²) >= 11 is 0.659. The first-order valence-corrected chi connectivity index (χ1v) is 5.57. The van der Waals surface area contributed by atoms with Gasteiger partial charge in [0.15, 0.2) is 4.88 Å². The molecule has 18 heavy (non-hydrogen) atoms. The Balaban J connectivity index is 2.69. The van der Waals surface area contributed by atoms with Gasteiger partial charge < -0.3 is 19.4 Å². The molecule has 0 unspecified atom stereocenters. The third-order valence-electron chi connectivity index (χ3n) is 2.26. The Hall–Kier alpha value is -2.28. The van der Waals surface area contributed by atoms with E-state index < -0.39 is 17.7 Å². The number of carboxylic acids is 1. The first kappa shape index (κ1) is 12.2. The second kappa shape index (κ2) is 4.53. The second-order valence-corrected chi connectivity index (χ2v) is 4.31. The van der Waals surface area contributed by atoms with Crippen LogP contribution in [0.4, 0.5) is 0 Å². The molecule has 0 aliphatic heterocycles. The maximum absolute atomic E-state index is 11.6. The van der Waals surface area contributed by atoms with Gasteiger partial charge in [-0.3, -0.25) is 0 Å². The highest BCUT2D eigenvalue weighted by molar-refractivity contribution is 7.16. The van der Waals surface area contributed by atoms with Crippen LogP contribution in [0.5, 0.6) is 5.75 Å². The number of rotatable bonds is 3. The van der Waals surface area contributed by atoms with Crippen LogP contribution < -0.4 is 0 Å². The molecule has 0 fully saturated rings. The average molecular weight is 268 g/mol. The molecule has 0 saturated heterocycles. The summed E-state index contributed by atoms with van der Waals surface area (Å²) in [5, 5.41) is 18.8. The minimum absolute atomic E-state index is 0.0220. The monoisotopic (exact) mass is 268 g/mol. The molecule has 7 heteroatoms. The van der Waals surface area contributed by atoms with Crippen LogP contribution in [0.15, 0.2) is 23.0 Å². The fourth-order valence-electron chi connectivity index (χ4n) is 1.48. The average Bonchev–Trinajstić information content (AvgIpc) is 2.94. The largest absolute Gasteiger partial charge is 0.505 e. The van der Waals surface area contributed by atoms with Gasteiger partial charge in [-0.2, -0.15) is 0 Å². The molecule has 0 radical (unpaired) electrons. The van der Waals surface area contributed by atoms with Gasteiger partial charge in [-0.1, -0.05) is 0 Å². The van der Waals surface area contributed by atoms with Gasteiger partial charge in [-0.15, -0.1) is 11.3 Å². The first-order valence-electron chi connectivity index (χ1n) is 4.76. The van der Waals surface area contributed by atoms with Crippen molar-refractivity contribution in [1.82, 2.24) is 0 Å². The summed E-state index contributed by atoms with van der Waals surface area (Å²) < 4.78 is 9.42. The van der Waals surface area contributed by atoms with Gasteiger partial charge in [0.2, 0.25) is 0 Å². The number of ether oxygens (including phenoxy) is 1. The van der Waals surface area contributed by atoms with Crippen LogP contribution in [-0.2, 0) is 4.74 Å². The van der Waals surface area contributed by atoms with Crippen molar-refractivity contribution in [3.8, 4) is 16.9 Å². The van der Waals surface area contributed by atoms with Crippen molar-refractivity contribution >= 4 is 23.3 Å². The third-order valence-corrected chi connectivity index (χ3v) is 3.40. The van der Waals surface area contributed by atoms with E-state index in [1.54, 1.807) is 0 Å². The number of hydrogen-bond acceptors (Lipinski definition) is 6. The summed E-state index contributed by atoms with van der Waals surface area (Å²) in [6.45, 7) is 0. The van der Waals surface area contributed by atoms with Crippen molar-refractivity contribution in [1.29, 1.82) is 0 Å². The summed E-state index contributed by atoms with van der Waals surface area (Å²) in [5.41, 5.74) is 0.523. The number of carboxylic acid groups (broad SMARTS) is 1. The van der Waals surface area contributed by atoms with Gasteiger partial charge >= 0.3 is 11.9 Å². The molecular formula is C11H8O6S. The van der Waals surface area contributed by atoms with Crippen molar-refractivity contribution in [2.24, 2.45) is 0 Å². The van der Waals surface area contributed by atoms with Crippen molar-refractivity contribution < 1.29 is 29.0 Å². The van der Waals surface area contributed by atoms with Crippen LogP contribution in [0, 0.1) is 0 Å². The van der Waals surface area contributed by atoms with Crippen LogP contribution in [0.25, 0.3) is 11.1 Å². The number of furan rings is 1. The van der Waals surface area contributed by atoms with Gasteiger partial charge in [-0.25, -0.2) is 9.59 Å². The van der Waals surface area contributed by atoms with E-state index >= 15 is 0 Å². The van der Waals surface area contributed by atoms with Crippen LogP contribution in [0.3, 0.4) is 0 Å². The first-order chi connectivity index (χ1) is 8.56. The fraction of sp³-hybridized carbons (Fsp3) is 0.0909. The summed E-state index contributed by atoms with van der Waals surface area (Å²) in [7, 11) is 1.18. The van der Waals surface area contributed by atoms with Gasteiger partial charge in [0.1, 0.15) is 10.6 Å². The van der Waals surface area contributed by atoms with Crippen LogP contribution in [-0.4, -0.2) is 29.3 Å². The van der Waals surface area contributed by atoms with Gasteiger partial charge in [0.05, 0.1) is 25.2 Å². The summed E-state index contributed by atoms with van der Waals surface area (Å²) in [4.78, 5) is 22.2. The molecule has 94 valence electrons. The molecule has 0 atom stereocenters. The summed E-state index contributed by atoms with van der Waals surface area (Å²) in [5.74, 6) is -2.48. The molecule has 2 aromatic heterocycles. The molecule has 6 nitrogen and oxygen atoms in total. The lowest BCUT2D eigenvalue weighted by Gasteiger charge is -1.99. The molecule has 2 rings (SSSR count). The zero-order chi connectivity index (χ0) is 13.3. The van der Waals surface area contributed by atoms with Crippen LogP contribution in [0.1, 0.15) is 19.3 Å². The van der Waals surface area contributed by atoms with Gasteiger partial charge in [0.25, 0.3) is 0 Å². The van der Waals surface area contributed by atoms with E-state index in [4.69, 9.17) is 9.52 Å². The van der Waals surface area contributed by atoms with Gasteiger partial charge in [0, 0.05) is 5.56 Å². The highest BCUT2D eigenvalue weighted by Crippen LogP contribution is 2.42. The Bertz CT molecular complexity index is 595. The normalized spacial score (nSPS) is 10.3. The molecule has 2 N–H and O–H groups in total. The molecule has 0 amide bonds. The Kier molecular flexibility index (Phi) is 3.07. The maximum atomic E-state index is 11.6. The van der Waals surface area contributed by atoms with E-state index in [0.29, 0.717) is 16.9 Å². The fourth-order valence-corrected chi connectivity index (χ4v) is 2.45. The number of thiophene rings is 1. The van der Waals surface area contributed by atoms with E-state index in [2.05, 4.69) is 4.74 Å². The predicted octanol–water partition coefficient (Wildman–Crippen LogP) is 2.20. The highest BCUT2D eigenvalue weighted by Gasteiger charge is 2.27. The highest BCUT2D eigenvalue weighted by atomic mass is 32.1. The number of aromatic hydroxyl groups is 1. The Morgan fingerprint density at radius 2 is 2.11 bits per heavy atom. The van der Waals surface area contributed by atoms with E-state index in [0.717, 1.165) is 0 Å². The molecule has 0 saturated carbocycles. The zero-order valence-corrected chi connectivity index (χ0v) is 9.98. The van der Waals surface area contributed by atoms with Crippen molar-refractivity contribution in [3.63, 3.8) is 0 Å². The molecule has 2 aromatic rings. The topological polar surface area (TPSA) is 97.0 Å². The lowest BCUT2D eigenvalue weighted by atomic mass is 10.1. The Morgan fingerprint density at radius 3 is 2.61 bits per heavy atom. The number of carbonyl (C=O) groups is 2. The minimum Gasteiger partial charge on any atom is -0.505 e. The van der Waals surface area contributed by atoms with Crippen molar-refractivity contribution in [2.75, 3.05) is 7.11 Å². The summed E-state index contributed by atoms with van der Waals surface area (Å²) in [6.07, 6.45) is 2.66. The van der Waals surface area contributed by atoms with Gasteiger partial charge in [-0.05, 0) is 6.07 Å². The van der Waals surface area contributed by atoms with Crippen molar-refractivity contribution in [2.45, 2.75) is 0 Å². The standard InChI is InChI=1S/C11H8O6S/c1-16-11(15)8-6(5-2-3-17-4-5)7(12)9(18-8)10(13)14/h2-4,12H,1H3,(H,13,14). The predicted molar refractivity (Wildman–Crippen MR) is 62.0 cm³/mol. The number of carbonyl (C=O) groups excluding carboxylic acids is 1. The minimum atomic E-state index is -1.31. The molecule has 0 aromatic carbocycles. The number of esters is 1. The van der Waals surface area contributed by atoms with E-state index in [1.807, 2.05) is 0 Å². The van der Waals surface area contributed by atoms with E-state index in [-0.39, 0.29) is 15.3 Å². The molecule has 2 heterocycles. The Labute approximate surface area is 105 Å². The maximum Gasteiger partial charge on any atom is 0.349 e. The molecular weight excluding hydrogens is 260 g/mol. The zero-order valence-electron chi connectivity index (χ0n) is 9.17. The SMILES string of the molecule is COC(=O)c1sc(C(=O)O)c(O)c1-c1ccoc1. The molecule has 0 bridgehead atoms. The quantitative estimate of drug-likeness (QED) is 0.828. The van der Waals surface area contributed by atoms with Crippen molar-refractivity contribution in [3.05, 3.63) is 28.3 Å². The van der Waals surface area contributed by atoms with E-state index in [1.165, 1.54) is 25.7 Å². The lowest BCUT2D eigenvalue weighted by Crippen LogP contribution is -1.99. The van der Waals surface area contributed by atoms with Crippen LogP contribution >= 0.6 is 11.3 Å². The molecule has 0 spiro atoms. The smallest absolute Gasteiger partial charge is 0.349 e. The van der Waals surface area contributed by atoms with E-state index in [9.17, 15) is 14.7 Å². The van der Waals surface area contributed by atoms with Crippen LogP contribution in [0.2, 0.25) is 0 Å². The third kappa shape index (κ3) is 1.84. The molecule has 0 aliphatic carbocycles. The molecule has 0 aliphatic rings. The number of hydrogen-bond donors (Lipinski definition) is 2. The number of methoxy groups -OCH3 is 1. The summed E-state index contributed by atoms with van der Waals surface area (Å²) in [6, 6.07) is 1.51. The Morgan fingerprint density at radius 1 is 1.39 bits per heavy atom.